The second-order valence-corrected chi connectivity index (χ2v) is 5.08. The van der Waals surface area contributed by atoms with Gasteiger partial charge in [-0.1, -0.05) is 41.4 Å². The van der Waals surface area contributed by atoms with Crippen molar-refractivity contribution in [3.63, 3.8) is 0 Å². The highest BCUT2D eigenvalue weighted by Crippen LogP contribution is 2.26. The standard InChI is InChI=1S/C13H16Cl2N2/c14-11-6-5-9(7-12(11)15)13(8-16)17-10-3-1-2-4-10/h1-2,5-7,10,13,17H,3-4,8,16H2. The molecule has 1 aromatic carbocycles. The number of benzene rings is 1. The summed E-state index contributed by atoms with van der Waals surface area (Å²) in [5.41, 5.74) is 6.90. The van der Waals surface area contributed by atoms with Gasteiger partial charge in [0.05, 0.1) is 10.0 Å². The van der Waals surface area contributed by atoms with Gasteiger partial charge in [0.1, 0.15) is 0 Å². The molecule has 0 amide bonds. The number of nitrogens with two attached hydrogens (primary N) is 1. The van der Waals surface area contributed by atoms with Gasteiger partial charge in [0, 0.05) is 18.6 Å². The van der Waals surface area contributed by atoms with E-state index in [1.807, 2.05) is 18.2 Å². The van der Waals surface area contributed by atoms with Crippen LogP contribution in [0.1, 0.15) is 24.4 Å². The summed E-state index contributed by atoms with van der Waals surface area (Å²) in [7, 11) is 0. The maximum atomic E-state index is 6.02. The second-order valence-electron chi connectivity index (χ2n) is 4.27. The van der Waals surface area contributed by atoms with Gasteiger partial charge in [-0.25, -0.2) is 0 Å². The number of hydrogen-bond acceptors (Lipinski definition) is 2. The molecule has 1 atom stereocenters. The third kappa shape index (κ3) is 3.23. The minimum Gasteiger partial charge on any atom is -0.329 e. The first-order valence-electron chi connectivity index (χ1n) is 5.76. The molecule has 3 N–H and O–H groups in total. The molecule has 0 saturated heterocycles. The molecule has 4 heteroatoms. The van der Waals surface area contributed by atoms with Crippen LogP contribution >= 0.6 is 23.2 Å². The van der Waals surface area contributed by atoms with Crippen molar-refractivity contribution < 1.29 is 0 Å². The molecular formula is C13H16Cl2N2. The molecule has 1 aromatic rings. The first-order valence-corrected chi connectivity index (χ1v) is 6.52. The van der Waals surface area contributed by atoms with Gasteiger partial charge in [-0.05, 0) is 30.5 Å². The first kappa shape index (κ1) is 12.9. The molecule has 1 unspecified atom stereocenters. The Kier molecular flexibility index (Phi) is 4.46. The van der Waals surface area contributed by atoms with Crippen LogP contribution in [0.15, 0.2) is 30.4 Å². The van der Waals surface area contributed by atoms with Gasteiger partial charge in [0.25, 0.3) is 0 Å². The maximum absolute atomic E-state index is 6.02. The van der Waals surface area contributed by atoms with E-state index in [0.29, 0.717) is 22.6 Å². The van der Waals surface area contributed by atoms with Gasteiger partial charge >= 0.3 is 0 Å². The van der Waals surface area contributed by atoms with Crippen LogP contribution in [0.2, 0.25) is 10.0 Å². The Morgan fingerprint density at radius 1 is 1.24 bits per heavy atom. The second kappa shape index (κ2) is 5.87. The Morgan fingerprint density at radius 2 is 1.94 bits per heavy atom. The van der Waals surface area contributed by atoms with E-state index in [1.165, 1.54) is 0 Å². The minimum atomic E-state index is 0.134. The fourth-order valence-corrected chi connectivity index (χ4v) is 2.37. The van der Waals surface area contributed by atoms with Crippen LogP contribution in [0, 0.1) is 0 Å². The zero-order valence-electron chi connectivity index (χ0n) is 9.50. The topological polar surface area (TPSA) is 38.0 Å². The molecule has 17 heavy (non-hydrogen) atoms. The van der Waals surface area contributed by atoms with Crippen molar-refractivity contribution in [1.82, 2.24) is 5.32 Å². The minimum absolute atomic E-state index is 0.134. The van der Waals surface area contributed by atoms with E-state index in [2.05, 4.69) is 17.5 Å². The Balaban J connectivity index is 2.08. The predicted molar refractivity (Wildman–Crippen MR) is 73.6 cm³/mol. The summed E-state index contributed by atoms with van der Waals surface area (Å²) in [5, 5.41) is 4.69. The van der Waals surface area contributed by atoms with Crippen LogP contribution in [0.25, 0.3) is 0 Å². The van der Waals surface area contributed by atoms with E-state index in [-0.39, 0.29) is 6.04 Å². The Labute approximate surface area is 112 Å². The van der Waals surface area contributed by atoms with Crippen molar-refractivity contribution in [2.75, 3.05) is 6.54 Å². The highest BCUT2D eigenvalue weighted by molar-refractivity contribution is 6.42. The highest BCUT2D eigenvalue weighted by atomic mass is 35.5. The molecule has 0 aliphatic heterocycles. The molecule has 0 fully saturated rings. The number of hydrogen-bond donors (Lipinski definition) is 2. The van der Waals surface area contributed by atoms with Gasteiger partial charge < -0.3 is 11.1 Å². The van der Waals surface area contributed by atoms with Crippen molar-refractivity contribution in [2.24, 2.45) is 5.73 Å². The van der Waals surface area contributed by atoms with Crippen molar-refractivity contribution in [2.45, 2.75) is 24.9 Å². The zero-order chi connectivity index (χ0) is 12.3. The maximum Gasteiger partial charge on any atom is 0.0595 e. The fourth-order valence-electron chi connectivity index (χ4n) is 2.07. The largest absolute Gasteiger partial charge is 0.329 e. The molecule has 0 saturated carbocycles. The lowest BCUT2D eigenvalue weighted by atomic mass is 10.1. The molecule has 0 heterocycles. The number of nitrogens with one attached hydrogen (secondary N) is 1. The van der Waals surface area contributed by atoms with Crippen LogP contribution in [0.3, 0.4) is 0 Å². The Morgan fingerprint density at radius 3 is 2.53 bits per heavy atom. The van der Waals surface area contributed by atoms with Crippen LogP contribution in [0.5, 0.6) is 0 Å². The molecule has 1 aliphatic carbocycles. The lowest BCUT2D eigenvalue weighted by molar-refractivity contribution is 0.453. The molecule has 0 spiro atoms. The van der Waals surface area contributed by atoms with Crippen molar-refractivity contribution in [3.8, 4) is 0 Å². The van der Waals surface area contributed by atoms with Crippen LogP contribution in [-0.2, 0) is 0 Å². The smallest absolute Gasteiger partial charge is 0.0595 e. The lowest BCUT2D eigenvalue weighted by Gasteiger charge is -2.22. The Bertz CT molecular complexity index is 410. The molecule has 2 nitrogen and oxygen atoms in total. The SMILES string of the molecule is NCC(NC1CC=CC1)c1ccc(Cl)c(Cl)c1. The van der Waals surface area contributed by atoms with Crippen LogP contribution in [-0.4, -0.2) is 12.6 Å². The van der Waals surface area contributed by atoms with Gasteiger partial charge in [-0.3, -0.25) is 0 Å². The van der Waals surface area contributed by atoms with E-state index in [1.54, 1.807) is 0 Å². The van der Waals surface area contributed by atoms with E-state index >= 15 is 0 Å². The molecular weight excluding hydrogens is 255 g/mol. The fraction of sp³-hybridized carbons (Fsp3) is 0.385. The summed E-state index contributed by atoms with van der Waals surface area (Å²) in [6.07, 6.45) is 6.52. The summed E-state index contributed by atoms with van der Waals surface area (Å²) in [5.74, 6) is 0. The van der Waals surface area contributed by atoms with E-state index in [0.717, 1.165) is 18.4 Å². The lowest BCUT2D eigenvalue weighted by Crippen LogP contribution is -2.35. The van der Waals surface area contributed by atoms with Crippen molar-refractivity contribution >= 4 is 23.2 Å². The van der Waals surface area contributed by atoms with Crippen LogP contribution < -0.4 is 11.1 Å². The zero-order valence-corrected chi connectivity index (χ0v) is 11.0. The monoisotopic (exact) mass is 270 g/mol. The predicted octanol–water partition coefficient (Wildman–Crippen LogP) is 3.30. The Hall–Kier alpha value is -0.540. The normalized spacial score (nSPS) is 17.6. The summed E-state index contributed by atoms with van der Waals surface area (Å²) in [6.45, 7) is 0.550. The summed E-state index contributed by atoms with van der Waals surface area (Å²) in [6, 6.07) is 6.29. The third-order valence-electron chi connectivity index (χ3n) is 3.03. The van der Waals surface area contributed by atoms with Gasteiger partial charge in [-0.15, -0.1) is 0 Å². The first-order chi connectivity index (χ1) is 8.20. The average Bonchev–Trinajstić information content (AvgIpc) is 2.82. The van der Waals surface area contributed by atoms with Gasteiger partial charge in [-0.2, -0.15) is 0 Å². The summed E-state index contributed by atoms with van der Waals surface area (Å²) < 4.78 is 0. The van der Waals surface area contributed by atoms with E-state index < -0.39 is 0 Å². The van der Waals surface area contributed by atoms with Gasteiger partial charge in [0.15, 0.2) is 0 Å². The van der Waals surface area contributed by atoms with Crippen LogP contribution in [0.4, 0.5) is 0 Å². The van der Waals surface area contributed by atoms with E-state index in [4.69, 9.17) is 28.9 Å². The molecule has 0 radical (unpaired) electrons. The molecule has 92 valence electrons. The van der Waals surface area contributed by atoms with Crippen molar-refractivity contribution in [3.05, 3.63) is 46.0 Å². The average molecular weight is 271 g/mol. The molecule has 0 bridgehead atoms. The van der Waals surface area contributed by atoms with Gasteiger partial charge in [0.2, 0.25) is 0 Å². The number of halogens is 2. The third-order valence-corrected chi connectivity index (χ3v) is 3.77. The molecule has 0 aromatic heterocycles. The highest BCUT2D eigenvalue weighted by Gasteiger charge is 2.17. The van der Waals surface area contributed by atoms with E-state index in [9.17, 15) is 0 Å². The molecule has 2 rings (SSSR count). The quantitative estimate of drug-likeness (QED) is 0.824. The number of rotatable bonds is 4. The van der Waals surface area contributed by atoms with Crippen molar-refractivity contribution in [1.29, 1.82) is 0 Å². The summed E-state index contributed by atoms with van der Waals surface area (Å²) >= 11 is 11.9. The molecule has 1 aliphatic rings. The summed E-state index contributed by atoms with van der Waals surface area (Å²) in [4.78, 5) is 0.